The molecule has 1 aromatic rings. The number of hydrogen-bond donors (Lipinski definition) is 1. The fourth-order valence-corrected chi connectivity index (χ4v) is 3.59. The van der Waals surface area contributed by atoms with E-state index in [1.54, 1.807) is 0 Å². The van der Waals surface area contributed by atoms with Crippen molar-refractivity contribution < 1.29 is 26.7 Å². The lowest BCUT2D eigenvalue weighted by atomic mass is 10.2. The molecule has 9 heteroatoms. The Morgan fingerprint density at radius 3 is 2.72 bits per heavy atom. The minimum Gasteiger partial charge on any atom is -0.376 e. The molecule has 140 valence electrons. The van der Waals surface area contributed by atoms with Crippen LogP contribution in [0.5, 0.6) is 0 Å². The zero-order chi connectivity index (χ0) is 18.4. The van der Waals surface area contributed by atoms with Gasteiger partial charge >= 0.3 is 0 Å². The first-order valence-electron chi connectivity index (χ1n) is 8.08. The maximum atomic E-state index is 13.4. The molecule has 1 atom stereocenters. The first kappa shape index (κ1) is 19.6. The lowest BCUT2D eigenvalue weighted by Gasteiger charge is -2.22. The first-order valence-corrected chi connectivity index (χ1v) is 9.93. The largest absolute Gasteiger partial charge is 0.376 e. The number of benzene rings is 1. The van der Waals surface area contributed by atoms with Crippen molar-refractivity contribution in [3.05, 3.63) is 29.8 Å². The predicted octanol–water partition coefficient (Wildman–Crippen LogP) is 1.81. The summed E-state index contributed by atoms with van der Waals surface area (Å²) >= 11 is 0. The fraction of sp³-hybridized carbons (Fsp3) is 0.562. The van der Waals surface area contributed by atoms with Crippen molar-refractivity contribution in [2.24, 2.45) is 0 Å². The van der Waals surface area contributed by atoms with Crippen LogP contribution >= 0.6 is 0 Å². The minimum absolute atomic E-state index is 0.00272. The van der Waals surface area contributed by atoms with E-state index in [9.17, 15) is 22.0 Å². The minimum atomic E-state index is -3.68. The molecule has 25 heavy (non-hydrogen) atoms. The van der Waals surface area contributed by atoms with E-state index in [0.29, 0.717) is 13.2 Å². The van der Waals surface area contributed by atoms with E-state index >= 15 is 0 Å². The maximum absolute atomic E-state index is 13.4. The molecule has 6 nitrogen and oxygen atoms in total. The molecule has 1 amide bonds. The van der Waals surface area contributed by atoms with Crippen molar-refractivity contribution in [3.63, 3.8) is 0 Å². The Morgan fingerprint density at radius 2 is 2.12 bits per heavy atom. The van der Waals surface area contributed by atoms with Gasteiger partial charge in [-0.15, -0.1) is 0 Å². The molecule has 0 aromatic heterocycles. The Bertz CT molecular complexity index is 706. The molecule has 0 saturated carbocycles. The molecule has 1 N–H and O–H groups in total. The van der Waals surface area contributed by atoms with Gasteiger partial charge in [-0.05, 0) is 31.4 Å². The van der Waals surface area contributed by atoms with Gasteiger partial charge in [0.2, 0.25) is 15.9 Å². The number of rotatable bonds is 8. The highest BCUT2D eigenvalue weighted by molar-refractivity contribution is 7.92. The Morgan fingerprint density at radius 1 is 1.36 bits per heavy atom. The van der Waals surface area contributed by atoms with Gasteiger partial charge in [0.15, 0.2) is 11.6 Å². The van der Waals surface area contributed by atoms with Crippen LogP contribution in [0.3, 0.4) is 0 Å². The van der Waals surface area contributed by atoms with Crippen molar-refractivity contribution in [1.82, 2.24) is 5.32 Å². The number of nitrogens with zero attached hydrogens (tertiary/aromatic N) is 1. The zero-order valence-corrected chi connectivity index (χ0v) is 14.8. The first-order chi connectivity index (χ1) is 11.8. The summed E-state index contributed by atoms with van der Waals surface area (Å²) in [5, 5.41) is 2.75. The number of amides is 1. The Kier molecular flexibility index (Phi) is 6.71. The van der Waals surface area contributed by atoms with Crippen LogP contribution in [0.25, 0.3) is 0 Å². The molecule has 0 spiro atoms. The summed E-state index contributed by atoms with van der Waals surface area (Å²) in [6.07, 6.45) is 3.30. The Hall–Kier alpha value is -1.74. The Balaban J connectivity index is 1.87. The average Bonchev–Trinajstić information content (AvgIpc) is 3.05. The molecule has 1 aromatic carbocycles. The third-order valence-corrected chi connectivity index (χ3v) is 5.10. The predicted molar refractivity (Wildman–Crippen MR) is 89.8 cm³/mol. The van der Waals surface area contributed by atoms with Gasteiger partial charge in [-0.25, -0.2) is 17.2 Å². The molecule has 1 aliphatic heterocycles. The van der Waals surface area contributed by atoms with Gasteiger partial charge < -0.3 is 10.1 Å². The SMILES string of the molecule is CS(=O)(=O)N(CCCC(=O)NC[C@@H]1CCCO1)c1ccc(F)c(F)c1. The summed E-state index contributed by atoms with van der Waals surface area (Å²) in [5.74, 6) is -2.37. The highest BCUT2D eigenvalue weighted by atomic mass is 32.2. The number of ether oxygens (including phenoxy) is 1. The van der Waals surface area contributed by atoms with E-state index < -0.39 is 21.7 Å². The van der Waals surface area contributed by atoms with Gasteiger partial charge in [-0.1, -0.05) is 0 Å². The maximum Gasteiger partial charge on any atom is 0.232 e. The molecule has 0 unspecified atom stereocenters. The second kappa shape index (κ2) is 8.57. The summed E-state index contributed by atoms with van der Waals surface area (Å²) in [5.41, 5.74) is 0.0289. The van der Waals surface area contributed by atoms with Crippen LogP contribution in [0, 0.1) is 11.6 Å². The molecule has 0 radical (unpaired) electrons. The number of carbonyl (C=O) groups is 1. The number of hydrogen-bond acceptors (Lipinski definition) is 4. The van der Waals surface area contributed by atoms with Crippen LogP contribution in [0.4, 0.5) is 14.5 Å². The standard InChI is InChI=1S/C16H22F2N2O4S/c1-25(22,23)20(12-6-7-14(17)15(18)10-12)8-2-5-16(21)19-11-13-4-3-9-24-13/h6-7,10,13H,2-5,8-9,11H2,1H3,(H,19,21)/t13-/m0/s1. The molecule has 0 bridgehead atoms. The third-order valence-electron chi connectivity index (χ3n) is 3.91. The fourth-order valence-electron chi connectivity index (χ4n) is 2.63. The second-order valence-electron chi connectivity index (χ2n) is 5.98. The molecule has 0 aliphatic carbocycles. The molecule has 2 rings (SSSR count). The van der Waals surface area contributed by atoms with Gasteiger partial charge in [0, 0.05) is 32.2 Å². The van der Waals surface area contributed by atoms with E-state index in [0.717, 1.165) is 35.5 Å². The highest BCUT2D eigenvalue weighted by Crippen LogP contribution is 2.21. The van der Waals surface area contributed by atoms with Gasteiger partial charge in [0.25, 0.3) is 0 Å². The van der Waals surface area contributed by atoms with Crippen LogP contribution in [-0.4, -0.2) is 46.4 Å². The molecule has 1 heterocycles. The smallest absolute Gasteiger partial charge is 0.232 e. The van der Waals surface area contributed by atoms with Crippen LogP contribution in [-0.2, 0) is 19.6 Å². The van der Waals surface area contributed by atoms with Gasteiger partial charge in [-0.2, -0.15) is 0 Å². The van der Waals surface area contributed by atoms with Crippen molar-refractivity contribution in [1.29, 1.82) is 0 Å². The summed E-state index contributed by atoms with van der Waals surface area (Å²) in [6.45, 7) is 1.15. The van der Waals surface area contributed by atoms with E-state index in [1.807, 2.05) is 0 Å². The van der Waals surface area contributed by atoms with Crippen LogP contribution < -0.4 is 9.62 Å². The summed E-state index contributed by atoms with van der Waals surface area (Å²) in [4.78, 5) is 11.8. The topological polar surface area (TPSA) is 75.7 Å². The van der Waals surface area contributed by atoms with E-state index in [2.05, 4.69) is 5.32 Å². The number of carbonyl (C=O) groups excluding carboxylic acids is 1. The molecule has 1 saturated heterocycles. The summed E-state index contributed by atoms with van der Waals surface area (Å²) in [6, 6.07) is 2.89. The zero-order valence-electron chi connectivity index (χ0n) is 14.0. The van der Waals surface area contributed by atoms with Crippen molar-refractivity contribution in [2.75, 3.05) is 30.3 Å². The normalized spacial score (nSPS) is 17.5. The lowest BCUT2D eigenvalue weighted by Crippen LogP contribution is -2.34. The molecule has 1 aliphatic rings. The third kappa shape index (κ3) is 5.93. The van der Waals surface area contributed by atoms with Crippen molar-refractivity contribution >= 4 is 21.6 Å². The van der Waals surface area contributed by atoms with Crippen LogP contribution in [0.15, 0.2) is 18.2 Å². The highest BCUT2D eigenvalue weighted by Gasteiger charge is 2.20. The van der Waals surface area contributed by atoms with Gasteiger partial charge in [-0.3, -0.25) is 9.10 Å². The number of nitrogens with one attached hydrogen (secondary N) is 1. The van der Waals surface area contributed by atoms with E-state index in [-0.39, 0.29) is 37.1 Å². The quantitative estimate of drug-likeness (QED) is 0.751. The summed E-state index contributed by atoms with van der Waals surface area (Å²) in [7, 11) is -3.68. The monoisotopic (exact) mass is 376 g/mol. The average molecular weight is 376 g/mol. The van der Waals surface area contributed by atoms with E-state index in [1.165, 1.54) is 6.07 Å². The number of halogens is 2. The number of anilines is 1. The van der Waals surface area contributed by atoms with Crippen molar-refractivity contribution in [2.45, 2.75) is 31.8 Å². The van der Waals surface area contributed by atoms with Crippen LogP contribution in [0.1, 0.15) is 25.7 Å². The second-order valence-corrected chi connectivity index (χ2v) is 7.88. The number of sulfonamides is 1. The summed E-state index contributed by atoms with van der Waals surface area (Å²) < 4.78 is 56.5. The van der Waals surface area contributed by atoms with Gasteiger partial charge in [0.05, 0.1) is 18.0 Å². The Labute approximate surface area is 146 Å². The van der Waals surface area contributed by atoms with Gasteiger partial charge in [0.1, 0.15) is 0 Å². The molecular formula is C16H22F2N2O4S. The van der Waals surface area contributed by atoms with Crippen molar-refractivity contribution in [3.8, 4) is 0 Å². The molecule has 1 fully saturated rings. The van der Waals surface area contributed by atoms with Crippen LogP contribution in [0.2, 0.25) is 0 Å². The molecular weight excluding hydrogens is 354 g/mol. The lowest BCUT2D eigenvalue weighted by molar-refractivity contribution is -0.121. The van der Waals surface area contributed by atoms with E-state index in [4.69, 9.17) is 4.74 Å².